The Morgan fingerprint density at radius 3 is 2.45 bits per heavy atom. The van der Waals surface area contributed by atoms with E-state index >= 15 is 0 Å². The predicted molar refractivity (Wildman–Crippen MR) is 114 cm³/mol. The van der Waals surface area contributed by atoms with Crippen LogP contribution in [0.25, 0.3) is 11.1 Å². The fraction of sp³-hybridized carbons (Fsp3) is 0.500. The fourth-order valence-corrected chi connectivity index (χ4v) is 3.98. The van der Waals surface area contributed by atoms with Gasteiger partial charge < -0.3 is 20.1 Å². The van der Waals surface area contributed by atoms with Crippen LogP contribution in [0.15, 0.2) is 54.6 Å². The first-order valence-electron chi connectivity index (χ1n) is 10.6. The van der Waals surface area contributed by atoms with Crippen molar-refractivity contribution in [1.82, 2.24) is 4.90 Å². The summed E-state index contributed by atoms with van der Waals surface area (Å²) in [5.41, 5.74) is 3.62. The Labute approximate surface area is 173 Å². The number of benzene rings is 2. The standard InChI is InChI=1S/C24H33NO4/c26-17-21-15-23(27)24(28)16-25(21)13-7-2-8-14-29-18-20-11-5-6-12-22(20)19-9-3-1-4-10-19/h1,3-6,9-12,21,23-24,26-28H,2,7-8,13-18H2/t21-,23?,24+/m1/s1. The van der Waals surface area contributed by atoms with E-state index in [0.29, 0.717) is 26.2 Å². The number of likely N-dealkylation sites (tertiary alicyclic amines) is 1. The summed E-state index contributed by atoms with van der Waals surface area (Å²) in [6.45, 7) is 2.60. The van der Waals surface area contributed by atoms with Gasteiger partial charge in [0.1, 0.15) is 0 Å². The van der Waals surface area contributed by atoms with E-state index in [-0.39, 0.29) is 12.6 Å². The maximum atomic E-state index is 9.85. The number of aliphatic hydroxyl groups is 3. The maximum absolute atomic E-state index is 9.85. The third-order valence-corrected chi connectivity index (χ3v) is 5.70. The van der Waals surface area contributed by atoms with Crippen molar-refractivity contribution in [3.63, 3.8) is 0 Å². The number of β-amino-alcohol motifs (C(OH)–C–C–N with tert-alkyl or cyclic N) is 1. The molecule has 0 amide bonds. The van der Waals surface area contributed by atoms with Gasteiger partial charge >= 0.3 is 0 Å². The van der Waals surface area contributed by atoms with Crippen LogP contribution in [0.3, 0.4) is 0 Å². The quantitative estimate of drug-likeness (QED) is 0.536. The van der Waals surface area contributed by atoms with Crippen LogP contribution >= 0.6 is 0 Å². The third-order valence-electron chi connectivity index (χ3n) is 5.70. The highest BCUT2D eigenvalue weighted by Gasteiger charge is 2.32. The number of aliphatic hydroxyl groups excluding tert-OH is 3. The Hall–Kier alpha value is -1.76. The van der Waals surface area contributed by atoms with Crippen LogP contribution in [0.5, 0.6) is 0 Å². The van der Waals surface area contributed by atoms with Gasteiger partial charge in [0.05, 0.1) is 25.4 Å². The van der Waals surface area contributed by atoms with Crippen LogP contribution in [0, 0.1) is 0 Å². The maximum Gasteiger partial charge on any atom is 0.0926 e. The molecule has 1 saturated heterocycles. The zero-order valence-electron chi connectivity index (χ0n) is 17.0. The van der Waals surface area contributed by atoms with Crippen molar-refractivity contribution in [1.29, 1.82) is 0 Å². The van der Waals surface area contributed by atoms with Crippen molar-refractivity contribution in [2.24, 2.45) is 0 Å². The van der Waals surface area contributed by atoms with Gasteiger partial charge in [-0.25, -0.2) is 0 Å². The van der Waals surface area contributed by atoms with Crippen molar-refractivity contribution in [3.8, 4) is 11.1 Å². The van der Waals surface area contributed by atoms with Gasteiger partial charge in [0.2, 0.25) is 0 Å². The summed E-state index contributed by atoms with van der Waals surface area (Å²) >= 11 is 0. The van der Waals surface area contributed by atoms with Gasteiger partial charge in [-0.05, 0) is 48.9 Å². The van der Waals surface area contributed by atoms with Crippen molar-refractivity contribution in [2.75, 3.05) is 26.3 Å². The minimum absolute atomic E-state index is 0.0215. The average molecular weight is 400 g/mol. The molecule has 0 bridgehead atoms. The van der Waals surface area contributed by atoms with Crippen LogP contribution in [0.1, 0.15) is 31.2 Å². The molecule has 3 rings (SSSR count). The molecule has 2 aromatic carbocycles. The monoisotopic (exact) mass is 399 g/mol. The SMILES string of the molecule is OC[C@H]1CC(O)[C@@H](O)CN1CCCCCOCc1ccccc1-c1ccccc1. The van der Waals surface area contributed by atoms with Gasteiger partial charge in [0.25, 0.3) is 0 Å². The molecule has 0 radical (unpaired) electrons. The molecule has 5 nitrogen and oxygen atoms in total. The first kappa shape index (κ1) is 21.9. The largest absolute Gasteiger partial charge is 0.395 e. The highest BCUT2D eigenvalue weighted by molar-refractivity contribution is 5.66. The van der Waals surface area contributed by atoms with Crippen LogP contribution in [0.2, 0.25) is 0 Å². The molecule has 0 saturated carbocycles. The average Bonchev–Trinajstić information content (AvgIpc) is 2.76. The van der Waals surface area contributed by atoms with E-state index < -0.39 is 12.2 Å². The number of piperidine rings is 1. The molecule has 1 aliphatic rings. The van der Waals surface area contributed by atoms with E-state index in [9.17, 15) is 15.3 Å². The lowest BCUT2D eigenvalue weighted by molar-refractivity contribution is -0.0711. The summed E-state index contributed by atoms with van der Waals surface area (Å²) in [6.07, 6.45) is 2.00. The van der Waals surface area contributed by atoms with E-state index in [1.807, 2.05) is 12.1 Å². The Balaban J connectivity index is 1.36. The van der Waals surface area contributed by atoms with Gasteiger partial charge in [0, 0.05) is 19.2 Å². The zero-order chi connectivity index (χ0) is 20.5. The molecular formula is C24H33NO4. The van der Waals surface area contributed by atoms with Crippen LogP contribution in [0.4, 0.5) is 0 Å². The molecule has 3 atom stereocenters. The summed E-state index contributed by atoms with van der Waals surface area (Å²) in [6, 6.07) is 18.7. The van der Waals surface area contributed by atoms with Gasteiger partial charge in [-0.2, -0.15) is 0 Å². The molecule has 1 unspecified atom stereocenters. The van der Waals surface area contributed by atoms with Crippen LogP contribution < -0.4 is 0 Å². The summed E-state index contributed by atoms with van der Waals surface area (Å²) in [5, 5.41) is 29.1. The van der Waals surface area contributed by atoms with E-state index in [1.165, 1.54) is 16.7 Å². The Bertz CT molecular complexity index is 724. The summed E-state index contributed by atoms with van der Waals surface area (Å²) < 4.78 is 5.92. The minimum atomic E-state index is -0.726. The Kier molecular flexibility index (Phi) is 8.65. The van der Waals surface area contributed by atoms with Crippen molar-refractivity contribution < 1.29 is 20.1 Å². The molecule has 0 spiro atoms. The molecule has 1 fully saturated rings. The van der Waals surface area contributed by atoms with Crippen molar-refractivity contribution in [2.45, 2.75) is 50.5 Å². The summed E-state index contributed by atoms with van der Waals surface area (Å²) in [4.78, 5) is 2.09. The molecule has 0 aromatic heterocycles. The number of hydrogen-bond acceptors (Lipinski definition) is 5. The van der Waals surface area contributed by atoms with Gasteiger partial charge in [-0.15, -0.1) is 0 Å². The number of unbranched alkanes of at least 4 members (excludes halogenated alkanes) is 2. The molecule has 1 aliphatic heterocycles. The normalized spacial score (nSPS) is 22.7. The van der Waals surface area contributed by atoms with Gasteiger partial charge in [0.15, 0.2) is 0 Å². The number of rotatable bonds is 10. The second-order valence-electron chi connectivity index (χ2n) is 7.84. The Morgan fingerprint density at radius 2 is 1.66 bits per heavy atom. The zero-order valence-corrected chi connectivity index (χ0v) is 17.0. The lowest BCUT2D eigenvalue weighted by Crippen LogP contribution is -2.53. The number of hydrogen-bond donors (Lipinski definition) is 3. The van der Waals surface area contributed by atoms with E-state index in [4.69, 9.17) is 4.74 Å². The first-order valence-corrected chi connectivity index (χ1v) is 10.6. The minimum Gasteiger partial charge on any atom is -0.395 e. The van der Waals surface area contributed by atoms with E-state index in [0.717, 1.165) is 25.8 Å². The van der Waals surface area contributed by atoms with Crippen molar-refractivity contribution >= 4 is 0 Å². The lowest BCUT2D eigenvalue weighted by atomic mass is 9.97. The second-order valence-corrected chi connectivity index (χ2v) is 7.84. The molecule has 0 aliphatic carbocycles. The topological polar surface area (TPSA) is 73.2 Å². The molecule has 5 heteroatoms. The smallest absolute Gasteiger partial charge is 0.0926 e. The van der Waals surface area contributed by atoms with E-state index in [2.05, 4.69) is 47.4 Å². The lowest BCUT2D eigenvalue weighted by Gasteiger charge is -2.39. The molecule has 1 heterocycles. The second kappa shape index (κ2) is 11.4. The van der Waals surface area contributed by atoms with Crippen LogP contribution in [-0.4, -0.2) is 64.8 Å². The predicted octanol–water partition coefficient (Wildman–Crippen LogP) is 2.83. The van der Waals surface area contributed by atoms with Crippen LogP contribution in [-0.2, 0) is 11.3 Å². The van der Waals surface area contributed by atoms with E-state index in [1.54, 1.807) is 0 Å². The first-order chi connectivity index (χ1) is 14.2. The van der Waals surface area contributed by atoms with Gasteiger partial charge in [-0.1, -0.05) is 54.6 Å². The van der Waals surface area contributed by atoms with Gasteiger partial charge in [-0.3, -0.25) is 4.90 Å². The summed E-state index contributed by atoms with van der Waals surface area (Å²) in [7, 11) is 0. The Morgan fingerprint density at radius 1 is 0.897 bits per heavy atom. The van der Waals surface area contributed by atoms with Crippen molar-refractivity contribution in [3.05, 3.63) is 60.2 Å². The molecule has 158 valence electrons. The highest BCUT2D eigenvalue weighted by atomic mass is 16.5. The molecular weight excluding hydrogens is 366 g/mol. The fourth-order valence-electron chi connectivity index (χ4n) is 3.98. The number of ether oxygens (including phenoxy) is 1. The highest BCUT2D eigenvalue weighted by Crippen LogP contribution is 2.24. The molecule has 2 aromatic rings. The third kappa shape index (κ3) is 6.36. The molecule has 3 N–H and O–H groups in total. The molecule has 29 heavy (non-hydrogen) atoms. The number of nitrogens with zero attached hydrogens (tertiary/aromatic N) is 1. The summed E-state index contributed by atoms with van der Waals surface area (Å²) in [5.74, 6) is 0.